The Morgan fingerprint density at radius 3 is 2.71 bits per heavy atom. The van der Waals surface area contributed by atoms with Crippen LogP contribution in [0.15, 0.2) is 33.6 Å². The van der Waals surface area contributed by atoms with E-state index < -0.39 is 16.1 Å². The van der Waals surface area contributed by atoms with Crippen molar-refractivity contribution in [3.05, 3.63) is 41.6 Å². The fourth-order valence-electron chi connectivity index (χ4n) is 2.38. The summed E-state index contributed by atoms with van der Waals surface area (Å²) in [6, 6.07) is 7.79. The normalized spacial score (nSPS) is 19.1. The number of morpholine rings is 1. The Kier molecular flexibility index (Phi) is 4.62. The number of benzene rings is 1. The number of aryl methyl sites for hydroxylation is 1. The molecule has 8 nitrogen and oxygen atoms in total. The van der Waals surface area contributed by atoms with Gasteiger partial charge in [-0.25, -0.2) is 8.42 Å². The van der Waals surface area contributed by atoms with E-state index in [1.165, 1.54) is 28.6 Å². The molecule has 1 aromatic heterocycles. The molecule has 3 rings (SSSR count). The summed E-state index contributed by atoms with van der Waals surface area (Å²) < 4.78 is 37.9. The molecule has 2 aromatic rings. The summed E-state index contributed by atoms with van der Waals surface area (Å²) in [6.07, 6.45) is 0.0205. The van der Waals surface area contributed by atoms with Crippen molar-refractivity contribution in [3.63, 3.8) is 0 Å². The predicted molar refractivity (Wildman–Crippen MR) is 82.3 cm³/mol. The fraction of sp³-hybridized carbons (Fsp3) is 0.400. The lowest BCUT2D eigenvalue weighted by Crippen LogP contribution is -2.42. The summed E-state index contributed by atoms with van der Waals surface area (Å²) in [7, 11) is -3.67. The molecule has 2 heterocycles. The van der Waals surface area contributed by atoms with Crippen LogP contribution >= 0.6 is 0 Å². The molecule has 0 spiro atoms. The summed E-state index contributed by atoms with van der Waals surface area (Å²) in [5.41, 5.74) is 0.409. The molecule has 0 saturated carbocycles. The van der Waals surface area contributed by atoms with E-state index in [0.29, 0.717) is 17.9 Å². The van der Waals surface area contributed by atoms with E-state index in [0.717, 1.165) is 0 Å². The Morgan fingerprint density at radius 1 is 1.33 bits per heavy atom. The van der Waals surface area contributed by atoms with E-state index in [4.69, 9.17) is 14.4 Å². The molecule has 0 N–H and O–H groups in total. The van der Waals surface area contributed by atoms with Gasteiger partial charge in [-0.15, -0.1) is 10.2 Å². The highest BCUT2D eigenvalue weighted by Crippen LogP contribution is 2.26. The number of ether oxygens (including phenoxy) is 1. The predicted octanol–water partition coefficient (Wildman–Crippen LogP) is 1.27. The molecule has 0 amide bonds. The van der Waals surface area contributed by atoms with Crippen molar-refractivity contribution in [1.29, 1.82) is 5.26 Å². The van der Waals surface area contributed by atoms with Gasteiger partial charge in [-0.2, -0.15) is 9.57 Å². The third-order valence-corrected chi connectivity index (χ3v) is 5.59. The van der Waals surface area contributed by atoms with Gasteiger partial charge in [0.2, 0.25) is 21.8 Å². The molecule has 9 heteroatoms. The number of hydrogen-bond donors (Lipinski definition) is 0. The lowest BCUT2D eigenvalue weighted by atomic mass is 10.2. The van der Waals surface area contributed by atoms with E-state index in [1.54, 1.807) is 0 Å². The fourth-order valence-corrected chi connectivity index (χ4v) is 3.81. The Bertz CT molecular complexity index is 854. The van der Waals surface area contributed by atoms with E-state index in [9.17, 15) is 8.42 Å². The molecule has 126 valence electrons. The molecule has 1 unspecified atom stereocenters. The van der Waals surface area contributed by atoms with Gasteiger partial charge in [0.1, 0.15) is 6.10 Å². The second-order valence-electron chi connectivity index (χ2n) is 5.25. The molecular formula is C15H16N4O4S. The van der Waals surface area contributed by atoms with Gasteiger partial charge in [-0.3, -0.25) is 0 Å². The Balaban J connectivity index is 1.81. The van der Waals surface area contributed by atoms with Crippen molar-refractivity contribution in [2.45, 2.75) is 24.3 Å². The van der Waals surface area contributed by atoms with E-state index in [1.807, 2.05) is 13.0 Å². The molecule has 1 aromatic carbocycles. The summed E-state index contributed by atoms with van der Waals surface area (Å²) >= 11 is 0. The van der Waals surface area contributed by atoms with Crippen LogP contribution in [-0.4, -0.2) is 42.6 Å². The molecule has 0 bridgehead atoms. The number of aromatic nitrogens is 2. The van der Waals surface area contributed by atoms with Crippen molar-refractivity contribution >= 4 is 10.0 Å². The number of sulfonamides is 1. The zero-order valence-electron chi connectivity index (χ0n) is 13.0. The minimum absolute atomic E-state index is 0.105. The first-order chi connectivity index (χ1) is 11.5. The average molecular weight is 348 g/mol. The summed E-state index contributed by atoms with van der Waals surface area (Å²) in [5, 5.41) is 16.6. The maximum absolute atomic E-state index is 12.7. The minimum Gasteiger partial charge on any atom is -0.422 e. The lowest BCUT2D eigenvalue weighted by Gasteiger charge is -2.30. The molecular weight excluding hydrogens is 332 g/mol. The van der Waals surface area contributed by atoms with Crippen LogP contribution in [0, 0.1) is 11.3 Å². The van der Waals surface area contributed by atoms with Crippen LogP contribution in [0.25, 0.3) is 0 Å². The first-order valence-electron chi connectivity index (χ1n) is 7.48. The smallest absolute Gasteiger partial charge is 0.246 e. The third kappa shape index (κ3) is 3.17. The molecule has 0 radical (unpaired) electrons. The highest BCUT2D eigenvalue weighted by molar-refractivity contribution is 7.89. The van der Waals surface area contributed by atoms with Crippen LogP contribution < -0.4 is 0 Å². The van der Waals surface area contributed by atoms with Gasteiger partial charge in [-0.05, 0) is 24.3 Å². The quantitative estimate of drug-likeness (QED) is 0.818. The first-order valence-corrected chi connectivity index (χ1v) is 8.92. The third-order valence-electron chi connectivity index (χ3n) is 3.71. The zero-order valence-corrected chi connectivity index (χ0v) is 13.9. The van der Waals surface area contributed by atoms with Crippen LogP contribution in [-0.2, 0) is 21.2 Å². The Labute approximate surface area is 139 Å². The van der Waals surface area contributed by atoms with Crippen LogP contribution in [0.2, 0.25) is 0 Å². The molecule has 1 fully saturated rings. The van der Waals surface area contributed by atoms with E-state index >= 15 is 0 Å². The number of rotatable bonds is 4. The summed E-state index contributed by atoms with van der Waals surface area (Å²) in [6.45, 7) is 2.48. The second kappa shape index (κ2) is 6.68. The monoisotopic (exact) mass is 348 g/mol. The van der Waals surface area contributed by atoms with Gasteiger partial charge in [-0.1, -0.05) is 6.92 Å². The van der Waals surface area contributed by atoms with Crippen molar-refractivity contribution in [2.24, 2.45) is 0 Å². The molecule has 1 atom stereocenters. The van der Waals surface area contributed by atoms with E-state index in [-0.39, 0.29) is 30.5 Å². The van der Waals surface area contributed by atoms with Crippen molar-refractivity contribution in [2.75, 3.05) is 19.7 Å². The van der Waals surface area contributed by atoms with Gasteiger partial charge in [0.25, 0.3) is 0 Å². The average Bonchev–Trinajstić information content (AvgIpc) is 3.11. The first kappa shape index (κ1) is 16.6. The molecule has 0 aliphatic carbocycles. The number of nitriles is 1. The van der Waals surface area contributed by atoms with Gasteiger partial charge in [0, 0.05) is 19.5 Å². The highest BCUT2D eigenvalue weighted by Gasteiger charge is 2.33. The van der Waals surface area contributed by atoms with Crippen LogP contribution in [0.5, 0.6) is 0 Å². The van der Waals surface area contributed by atoms with Gasteiger partial charge < -0.3 is 9.15 Å². The Morgan fingerprint density at radius 2 is 2.08 bits per heavy atom. The SMILES string of the molecule is CCc1nnc(C2CN(S(=O)(=O)c3ccc(C#N)cc3)CCO2)o1. The molecule has 1 aliphatic rings. The zero-order chi connectivity index (χ0) is 17.2. The van der Waals surface area contributed by atoms with Crippen LogP contribution in [0.3, 0.4) is 0 Å². The summed E-state index contributed by atoms with van der Waals surface area (Å²) in [4.78, 5) is 0.141. The summed E-state index contributed by atoms with van der Waals surface area (Å²) in [5.74, 6) is 0.771. The molecule has 24 heavy (non-hydrogen) atoms. The molecule has 1 aliphatic heterocycles. The maximum Gasteiger partial charge on any atom is 0.246 e. The Hall–Kier alpha value is -2.28. The van der Waals surface area contributed by atoms with Crippen LogP contribution in [0.1, 0.15) is 30.4 Å². The molecule has 1 saturated heterocycles. The second-order valence-corrected chi connectivity index (χ2v) is 7.18. The van der Waals surface area contributed by atoms with E-state index in [2.05, 4.69) is 10.2 Å². The van der Waals surface area contributed by atoms with Crippen molar-refractivity contribution < 1.29 is 17.6 Å². The number of nitrogens with zero attached hydrogens (tertiary/aromatic N) is 4. The standard InChI is InChI=1S/C15H16N4O4S/c1-2-14-17-18-15(23-14)13-10-19(7-8-22-13)24(20,21)12-5-3-11(9-16)4-6-12/h3-6,13H,2,7-8,10H2,1H3. The minimum atomic E-state index is -3.67. The topological polar surface area (TPSA) is 109 Å². The van der Waals surface area contributed by atoms with Crippen molar-refractivity contribution in [1.82, 2.24) is 14.5 Å². The van der Waals surface area contributed by atoms with Crippen molar-refractivity contribution in [3.8, 4) is 6.07 Å². The van der Waals surface area contributed by atoms with Gasteiger partial charge in [0.05, 0.1) is 23.1 Å². The number of hydrogen-bond acceptors (Lipinski definition) is 7. The van der Waals surface area contributed by atoms with Crippen LogP contribution in [0.4, 0.5) is 0 Å². The highest BCUT2D eigenvalue weighted by atomic mass is 32.2. The van der Waals surface area contributed by atoms with Gasteiger partial charge in [0.15, 0.2) is 0 Å². The maximum atomic E-state index is 12.7. The lowest BCUT2D eigenvalue weighted by molar-refractivity contribution is -0.0177. The van der Waals surface area contributed by atoms with Gasteiger partial charge >= 0.3 is 0 Å². The largest absolute Gasteiger partial charge is 0.422 e.